The van der Waals surface area contributed by atoms with Gasteiger partial charge in [0.05, 0.1) is 33.9 Å². The summed E-state index contributed by atoms with van der Waals surface area (Å²) in [4.78, 5) is 8.51. The quantitative estimate of drug-likeness (QED) is 0.305. The van der Waals surface area contributed by atoms with Crippen molar-refractivity contribution in [2.45, 2.75) is 0 Å². The topological polar surface area (TPSA) is 66.2 Å². The first-order valence-corrected chi connectivity index (χ1v) is 8.65. The fourth-order valence-electron chi connectivity index (χ4n) is 3.06. The molecule has 4 rings (SSSR count). The number of aromatic hydroxyl groups is 2. The molecular weight excluding hydrogens is 595 g/mol. The van der Waals surface area contributed by atoms with Gasteiger partial charge in [0.25, 0.3) is 0 Å². The minimum atomic E-state index is -0.989. The van der Waals surface area contributed by atoms with Crippen molar-refractivity contribution in [3.8, 4) is 45.4 Å². The number of rotatable bonds is 3. The van der Waals surface area contributed by atoms with E-state index >= 15 is 0 Å². The van der Waals surface area contributed by atoms with Crippen molar-refractivity contribution in [1.29, 1.82) is 0 Å². The van der Waals surface area contributed by atoms with E-state index in [-0.39, 0.29) is 55.0 Å². The van der Waals surface area contributed by atoms with Crippen LogP contribution in [0.15, 0.2) is 60.7 Å². The monoisotopic (exact) mass is 607 g/mol. The number of phenols is 2. The van der Waals surface area contributed by atoms with E-state index in [9.17, 15) is 27.8 Å². The first-order chi connectivity index (χ1) is 14.3. The zero-order valence-electron chi connectivity index (χ0n) is 15.4. The average molecular weight is 607 g/mol. The van der Waals surface area contributed by atoms with Crippen LogP contribution in [-0.4, -0.2) is 20.2 Å². The Morgan fingerprint density at radius 3 is 1.26 bits per heavy atom. The summed E-state index contributed by atoms with van der Waals surface area (Å²) in [5.41, 5.74) is 0.00301. The maximum absolute atomic E-state index is 14.2. The van der Waals surface area contributed by atoms with Crippen LogP contribution in [0.1, 0.15) is 0 Å². The maximum atomic E-state index is 14.2. The van der Waals surface area contributed by atoms with Crippen LogP contribution in [0, 0.1) is 23.3 Å². The molecule has 2 aromatic carbocycles. The van der Waals surface area contributed by atoms with E-state index in [0.717, 1.165) is 12.1 Å². The second kappa shape index (κ2) is 8.86. The Hall–Kier alpha value is -3.25. The van der Waals surface area contributed by atoms with Gasteiger partial charge in [0.1, 0.15) is 34.8 Å². The molecule has 0 unspecified atom stereocenters. The Labute approximate surface area is 188 Å². The van der Waals surface area contributed by atoms with E-state index in [2.05, 4.69) is 9.97 Å². The van der Waals surface area contributed by atoms with Gasteiger partial charge in [-0.15, -0.1) is 0 Å². The molecule has 0 atom stereocenters. The van der Waals surface area contributed by atoms with E-state index in [1.165, 1.54) is 24.3 Å². The molecule has 4 aromatic rings. The molecule has 2 heterocycles. The number of hydrogen-bond donors (Lipinski definition) is 2. The molecule has 160 valence electrons. The molecule has 0 spiro atoms. The molecule has 0 aliphatic carbocycles. The summed E-state index contributed by atoms with van der Waals surface area (Å²) in [6, 6.07) is 11.8. The zero-order chi connectivity index (χ0) is 21.4. The van der Waals surface area contributed by atoms with E-state index in [1.54, 1.807) is 12.1 Å². The van der Waals surface area contributed by atoms with Crippen molar-refractivity contribution < 1.29 is 48.8 Å². The Balaban J connectivity index is 0.00000272. The smallest absolute Gasteiger partial charge is 0.139 e. The summed E-state index contributed by atoms with van der Waals surface area (Å²) in [7, 11) is 0. The maximum Gasteiger partial charge on any atom is 0.139 e. The van der Waals surface area contributed by atoms with Gasteiger partial charge in [0.15, 0.2) is 0 Å². The summed E-state index contributed by atoms with van der Waals surface area (Å²) < 4.78 is 54.9. The van der Waals surface area contributed by atoms with Gasteiger partial charge in [0.2, 0.25) is 0 Å². The molecule has 4 nitrogen and oxygen atoms in total. The zero-order valence-corrected chi connectivity index (χ0v) is 17.7. The Kier molecular flexibility index (Phi) is 6.41. The van der Waals surface area contributed by atoms with Crippen LogP contribution in [0.2, 0.25) is 0 Å². The molecule has 0 aliphatic rings. The predicted molar refractivity (Wildman–Crippen MR) is 102 cm³/mol. The van der Waals surface area contributed by atoms with Crippen molar-refractivity contribution in [3.63, 3.8) is 0 Å². The fourth-order valence-corrected chi connectivity index (χ4v) is 3.06. The summed E-state index contributed by atoms with van der Waals surface area (Å²) in [6.45, 7) is 0. The molecule has 0 radical (unpaired) electrons. The van der Waals surface area contributed by atoms with Gasteiger partial charge in [0, 0.05) is 45.3 Å². The number of pyridine rings is 2. The standard InChI is InChI=1S/C22H12F4N2O2.Pt/c23-11-7-13(25)21(19(29)9-11)17-5-1-3-15(27-17)16-4-2-6-18(28-16)22-14(26)8-12(24)10-20(22)30;/h1-10,29-30H;. The predicted octanol–water partition coefficient (Wildman–Crippen LogP) is 5.44. The minimum absolute atomic E-state index is 0. The second-order valence-corrected chi connectivity index (χ2v) is 6.38. The molecule has 0 bridgehead atoms. The molecule has 0 saturated carbocycles. The molecule has 9 heteroatoms. The van der Waals surface area contributed by atoms with Gasteiger partial charge in [-0.1, -0.05) is 12.1 Å². The van der Waals surface area contributed by atoms with E-state index in [1.807, 2.05) is 0 Å². The van der Waals surface area contributed by atoms with Crippen LogP contribution in [-0.2, 0) is 21.1 Å². The number of hydrogen-bond acceptors (Lipinski definition) is 4. The van der Waals surface area contributed by atoms with Gasteiger partial charge >= 0.3 is 0 Å². The number of phenolic OH excluding ortho intramolecular Hbond substituents is 2. The fraction of sp³-hybridized carbons (Fsp3) is 0. The molecule has 0 saturated heterocycles. The minimum Gasteiger partial charge on any atom is -0.507 e. The van der Waals surface area contributed by atoms with Crippen LogP contribution in [0.5, 0.6) is 11.5 Å². The third-order valence-corrected chi connectivity index (χ3v) is 4.34. The Morgan fingerprint density at radius 1 is 0.548 bits per heavy atom. The van der Waals surface area contributed by atoms with E-state index in [0.29, 0.717) is 12.1 Å². The summed E-state index contributed by atoms with van der Waals surface area (Å²) in [5, 5.41) is 19.9. The van der Waals surface area contributed by atoms with Crippen LogP contribution in [0.4, 0.5) is 17.6 Å². The molecule has 31 heavy (non-hydrogen) atoms. The molecule has 0 aliphatic heterocycles. The SMILES string of the molecule is Oc1cc(F)cc(F)c1-c1cccc(-c2cccc(-c3c(O)cc(F)cc3F)n2)n1.[Pt]. The second-order valence-electron chi connectivity index (χ2n) is 6.38. The normalized spacial score (nSPS) is 10.6. The largest absolute Gasteiger partial charge is 0.507 e. The summed E-state index contributed by atoms with van der Waals surface area (Å²) in [5.74, 6) is -5.07. The van der Waals surface area contributed by atoms with Crippen molar-refractivity contribution in [2.75, 3.05) is 0 Å². The van der Waals surface area contributed by atoms with Gasteiger partial charge in [-0.05, 0) is 24.3 Å². The number of nitrogens with zero attached hydrogens (tertiary/aromatic N) is 2. The van der Waals surface area contributed by atoms with Gasteiger partial charge in [-0.2, -0.15) is 0 Å². The third-order valence-electron chi connectivity index (χ3n) is 4.34. The van der Waals surface area contributed by atoms with Gasteiger partial charge < -0.3 is 10.2 Å². The summed E-state index contributed by atoms with van der Waals surface area (Å²) >= 11 is 0. The van der Waals surface area contributed by atoms with Crippen molar-refractivity contribution in [1.82, 2.24) is 9.97 Å². The third kappa shape index (κ3) is 4.44. The van der Waals surface area contributed by atoms with Gasteiger partial charge in [-0.3, -0.25) is 0 Å². The van der Waals surface area contributed by atoms with Gasteiger partial charge in [-0.25, -0.2) is 27.5 Å². The number of aromatic nitrogens is 2. The molecule has 0 amide bonds. The number of halogens is 4. The Bertz CT molecular complexity index is 1140. The van der Waals surface area contributed by atoms with Crippen LogP contribution in [0.3, 0.4) is 0 Å². The van der Waals surface area contributed by atoms with E-state index in [4.69, 9.17) is 0 Å². The average Bonchev–Trinajstić information content (AvgIpc) is 2.67. The van der Waals surface area contributed by atoms with Crippen molar-refractivity contribution >= 4 is 0 Å². The first-order valence-electron chi connectivity index (χ1n) is 8.65. The van der Waals surface area contributed by atoms with E-state index < -0.39 is 34.8 Å². The van der Waals surface area contributed by atoms with Crippen LogP contribution < -0.4 is 0 Å². The number of benzene rings is 2. The van der Waals surface area contributed by atoms with Crippen molar-refractivity contribution in [3.05, 3.63) is 83.9 Å². The summed E-state index contributed by atoms with van der Waals surface area (Å²) in [6.07, 6.45) is 0. The molecule has 2 N–H and O–H groups in total. The molecular formula is C22H12F4N2O2Pt. The first kappa shape index (κ1) is 22.4. The van der Waals surface area contributed by atoms with Crippen molar-refractivity contribution in [2.24, 2.45) is 0 Å². The molecule has 0 fully saturated rings. The Morgan fingerprint density at radius 2 is 0.903 bits per heavy atom. The van der Waals surface area contributed by atoms with Crippen LogP contribution in [0.25, 0.3) is 33.9 Å². The van der Waals surface area contributed by atoms with Crippen LogP contribution >= 0.6 is 0 Å². The molecule has 2 aromatic heterocycles.